The van der Waals surface area contributed by atoms with Gasteiger partial charge in [-0.2, -0.15) is 0 Å². The SMILES string of the molecule is COc1ccc(-c2occ(C(=O)OCC(C)(C)C)c2C(=O)OCC(C)(C)C)cc1. The van der Waals surface area contributed by atoms with Gasteiger partial charge in [0.05, 0.1) is 20.3 Å². The smallest absolute Gasteiger partial charge is 0.343 e. The van der Waals surface area contributed by atoms with E-state index in [2.05, 4.69) is 0 Å². The second kappa shape index (κ2) is 8.72. The Bertz CT molecular complexity index is 847. The molecule has 158 valence electrons. The van der Waals surface area contributed by atoms with Gasteiger partial charge in [0.25, 0.3) is 0 Å². The number of hydrogen-bond acceptors (Lipinski definition) is 6. The maximum Gasteiger partial charge on any atom is 0.343 e. The van der Waals surface area contributed by atoms with Gasteiger partial charge in [-0.25, -0.2) is 9.59 Å². The van der Waals surface area contributed by atoms with Gasteiger partial charge in [-0.1, -0.05) is 41.5 Å². The molecule has 0 aliphatic rings. The molecule has 0 fully saturated rings. The van der Waals surface area contributed by atoms with Crippen LogP contribution in [0.5, 0.6) is 5.75 Å². The van der Waals surface area contributed by atoms with Gasteiger partial charge in [0.15, 0.2) is 0 Å². The average Bonchev–Trinajstić information content (AvgIpc) is 3.08. The van der Waals surface area contributed by atoms with Crippen molar-refractivity contribution in [3.05, 3.63) is 41.7 Å². The predicted octanol–water partition coefficient (Wildman–Crippen LogP) is 5.36. The maximum atomic E-state index is 12.9. The Kier molecular flexibility index (Phi) is 6.77. The van der Waals surface area contributed by atoms with E-state index in [1.807, 2.05) is 41.5 Å². The first-order valence-electron chi connectivity index (χ1n) is 9.51. The summed E-state index contributed by atoms with van der Waals surface area (Å²) in [5.41, 5.74) is 0.332. The molecule has 0 radical (unpaired) electrons. The third-order valence-electron chi connectivity index (χ3n) is 3.84. The molecule has 6 heteroatoms. The van der Waals surface area contributed by atoms with Gasteiger partial charge >= 0.3 is 11.9 Å². The Morgan fingerprint density at radius 2 is 1.38 bits per heavy atom. The lowest BCUT2D eigenvalue weighted by atomic mass is 9.98. The molecule has 2 aromatic rings. The van der Waals surface area contributed by atoms with E-state index >= 15 is 0 Å². The summed E-state index contributed by atoms with van der Waals surface area (Å²) in [5, 5.41) is 0. The van der Waals surface area contributed by atoms with Crippen LogP contribution in [0.3, 0.4) is 0 Å². The summed E-state index contributed by atoms with van der Waals surface area (Å²) in [6.45, 7) is 12.2. The highest BCUT2D eigenvalue weighted by molar-refractivity contribution is 6.07. The van der Waals surface area contributed by atoms with Crippen LogP contribution in [-0.2, 0) is 9.47 Å². The number of methoxy groups -OCH3 is 1. The zero-order chi connectivity index (χ0) is 21.8. The molecule has 6 nitrogen and oxygen atoms in total. The minimum absolute atomic E-state index is 0.0546. The molecular formula is C23H30O6. The number of hydrogen-bond donors (Lipinski definition) is 0. The van der Waals surface area contributed by atoms with Gasteiger partial charge in [-0.05, 0) is 35.1 Å². The molecule has 0 saturated carbocycles. The van der Waals surface area contributed by atoms with E-state index in [0.717, 1.165) is 0 Å². The van der Waals surface area contributed by atoms with Crippen molar-refractivity contribution in [3.63, 3.8) is 0 Å². The zero-order valence-corrected chi connectivity index (χ0v) is 18.3. The fraction of sp³-hybridized carbons (Fsp3) is 0.478. The lowest BCUT2D eigenvalue weighted by Crippen LogP contribution is -2.22. The summed E-state index contributed by atoms with van der Waals surface area (Å²) < 4.78 is 21.6. The van der Waals surface area contributed by atoms with Gasteiger partial charge in [-0.15, -0.1) is 0 Å². The fourth-order valence-corrected chi connectivity index (χ4v) is 2.38. The van der Waals surface area contributed by atoms with Crippen molar-refractivity contribution in [1.82, 2.24) is 0 Å². The van der Waals surface area contributed by atoms with Crippen LogP contribution < -0.4 is 4.74 Å². The minimum atomic E-state index is -0.623. The molecule has 0 unspecified atom stereocenters. The van der Waals surface area contributed by atoms with Crippen molar-refractivity contribution >= 4 is 11.9 Å². The Labute approximate surface area is 172 Å². The topological polar surface area (TPSA) is 75.0 Å². The van der Waals surface area contributed by atoms with Crippen molar-refractivity contribution in [1.29, 1.82) is 0 Å². The number of ether oxygens (including phenoxy) is 3. The van der Waals surface area contributed by atoms with Gasteiger partial charge in [0.1, 0.15) is 28.9 Å². The molecule has 29 heavy (non-hydrogen) atoms. The van der Waals surface area contributed by atoms with Crippen LogP contribution >= 0.6 is 0 Å². The second-order valence-electron chi connectivity index (χ2n) is 9.36. The van der Waals surface area contributed by atoms with Gasteiger partial charge in [0.2, 0.25) is 0 Å². The number of rotatable bonds is 6. The Morgan fingerprint density at radius 3 is 1.86 bits per heavy atom. The molecule has 0 spiro atoms. The molecule has 0 N–H and O–H groups in total. The van der Waals surface area contributed by atoms with Crippen molar-refractivity contribution < 1.29 is 28.2 Å². The molecule has 0 amide bonds. The molecule has 0 aliphatic carbocycles. The summed E-state index contributed by atoms with van der Waals surface area (Å²) in [5.74, 6) is -0.315. The van der Waals surface area contributed by atoms with E-state index in [1.54, 1.807) is 31.4 Å². The predicted molar refractivity (Wildman–Crippen MR) is 110 cm³/mol. The first kappa shape index (κ1) is 22.5. The van der Waals surface area contributed by atoms with Gasteiger partial charge in [-0.3, -0.25) is 0 Å². The van der Waals surface area contributed by atoms with E-state index < -0.39 is 11.9 Å². The monoisotopic (exact) mass is 402 g/mol. The number of carbonyl (C=O) groups excluding carboxylic acids is 2. The van der Waals surface area contributed by atoms with Crippen LogP contribution in [0.2, 0.25) is 0 Å². The van der Waals surface area contributed by atoms with Gasteiger partial charge < -0.3 is 18.6 Å². The van der Waals surface area contributed by atoms with E-state index in [4.69, 9.17) is 18.6 Å². The summed E-state index contributed by atoms with van der Waals surface area (Å²) >= 11 is 0. The number of carbonyl (C=O) groups is 2. The highest BCUT2D eigenvalue weighted by Crippen LogP contribution is 2.31. The Hall–Kier alpha value is -2.76. The lowest BCUT2D eigenvalue weighted by Gasteiger charge is -2.19. The second-order valence-corrected chi connectivity index (χ2v) is 9.36. The Balaban J connectivity index is 2.41. The summed E-state index contributed by atoms with van der Waals surface area (Å²) in [6.07, 6.45) is 1.25. The third-order valence-corrected chi connectivity index (χ3v) is 3.84. The molecule has 1 heterocycles. The molecule has 0 saturated heterocycles. The minimum Gasteiger partial charge on any atom is -0.497 e. The summed E-state index contributed by atoms with van der Waals surface area (Å²) in [4.78, 5) is 25.5. The zero-order valence-electron chi connectivity index (χ0n) is 18.3. The first-order chi connectivity index (χ1) is 13.4. The summed E-state index contributed by atoms with van der Waals surface area (Å²) in [7, 11) is 1.57. The number of esters is 2. The largest absolute Gasteiger partial charge is 0.497 e. The van der Waals surface area contributed by atoms with Crippen molar-refractivity contribution in [2.75, 3.05) is 20.3 Å². The van der Waals surface area contributed by atoms with Crippen molar-refractivity contribution in [2.45, 2.75) is 41.5 Å². The lowest BCUT2D eigenvalue weighted by molar-refractivity contribution is 0.0324. The quantitative estimate of drug-likeness (QED) is 0.606. The van der Waals surface area contributed by atoms with E-state index in [-0.39, 0.29) is 40.9 Å². The highest BCUT2D eigenvalue weighted by Gasteiger charge is 2.30. The van der Waals surface area contributed by atoms with E-state index in [9.17, 15) is 9.59 Å². The van der Waals surface area contributed by atoms with Crippen LogP contribution in [0.15, 0.2) is 34.9 Å². The highest BCUT2D eigenvalue weighted by atomic mass is 16.5. The molecule has 1 aromatic heterocycles. The van der Waals surface area contributed by atoms with Crippen molar-refractivity contribution in [3.8, 4) is 17.1 Å². The van der Waals surface area contributed by atoms with Crippen LogP contribution in [0.1, 0.15) is 62.3 Å². The van der Waals surface area contributed by atoms with Gasteiger partial charge in [0, 0.05) is 5.56 Å². The van der Waals surface area contributed by atoms with Crippen molar-refractivity contribution in [2.24, 2.45) is 10.8 Å². The molecule has 0 atom stereocenters. The average molecular weight is 402 g/mol. The molecule has 1 aromatic carbocycles. The van der Waals surface area contributed by atoms with Crippen LogP contribution in [-0.4, -0.2) is 32.3 Å². The third kappa shape index (κ3) is 6.38. The molecule has 0 bridgehead atoms. The van der Waals surface area contributed by atoms with E-state index in [0.29, 0.717) is 11.3 Å². The first-order valence-corrected chi connectivity index (χ1v) is 9.51. The fourth-order valence-electron chi connectivity index (χ4n) is 2.38. The number of furan rings is 1. The normalized spacial score (nSPS) is 11.8. The number of benzene rings is 1. The van der Waals surface area contributed by atoms with Crippen LogP contribution in [0.25, 0.3) is 11.3 Å². The molecular weight excluding hydrogens is 372 g/mol. The van der Waals surface area contributed by atoms with Crippen LogP contribution in [0.4, 0.5) is 0 Å². The Morgan fingerprint density at radius 1 is 0.862 bits per heavy atom. The van der Waals surface area contributed by atoms with E-state index in [1.165, 1.54) is 6.26 Å². The molecule has 2 rings (SSSR count). The molecule has 0 aliphatic heterocycles. The van der Waals surface area contributed by atoms with Crippen LogP contribution in [0, 0.1) is 10.8 Å². The maximum absolute atomic E-state index is 12.9. The summed E-state index contributed by atoms with van der Waals surface area (Å²) in [6, 6.07) is 7.00. The standard InChI is InChI=1S/C23H30O6/c1-22(2,3)13-28-20(24)17-12-27-19(15-8-10-16(26-7)11-9-15)18(17)21(25)29-14-23(4,5)6/h8-12H,13-14H2,1-7H3.